The number of ether oxygens (including phenoxy) is 1. The van der Waals surface area contributed by atoms with Gasteiger partial charge in [0.25, 0.3) is 0 Å². The maximum Gasteiger partial charge on any atom is 0.313 e. The Bertz CT molecular complexity index is 123. The van der Waals surface area contributed by atoms with Crippen molar-refractivity contribution in [1.82, 2.24) is 0 Å². The molecular weight excluding hydrogens is 235 g/mol. The Kier molecular flexibility index (Phi) is 20.3. The zero-order chi connectivity index (χ0) is 9.28. The van der Waals surface area contributed by atoms with Gasteiger partial charge in [0.15, 0.2) is 0 Å². The van der Waals surface area contributed by atoms with Gasteiger partial charge >= 0.3 is 5.97 Å². The van der Waals surface area contributed by atoms with Crippen molar-refractivity contribution in [2.45, 2.75) is 27.2 Å². The van der Waals surface area contributed by atoms with Crippen molar-refractivity contribution in [3.63, 3.8) is 0 Å². The van der Waals surface area contributed by atoms with E-state index in [9.17, 15) is 9.59 Å². The van der Waals surface area contributed by atoms with Crippen LogP contribution in [0.5, 0.6) is 0 Å². The van der Waals surface area contributed by atoms with Crippen molar-refractivity contribution in [2.24, 2.45) is 0 Å². The Morgan fingerprint density at radius 2 is 1.75 bits per heavy atom. The number of carbonyl (C=O) groups is 2. The van der Waals surface area contributed by atoms with Gasteiger partial charge in [0.1, 0.15) is 12.2 Å². The molecule has 0 aromatic heterocycles. The van der Waals surface area contributed by atoms with E-state index in [2.05, 4.69) is 11.7 Å². The van der Waals surface area contributed by atoms with Crippen LogP contribution >= 0.6 is 0 Å². The monoisotopic (exact) mass is 249 g/mol. The molecule has 0 aliphatic carbocycles. The molecule has 0 saturated carbocycles. The first-order valence-electron chi connectivity index (χ1n) is 3.52. The zero-order valence-corrected chi connectivity index (χ0v) is 10.3. The second-order valence-corrected chi connectivity index (χ2v) is 1.68. The minimum atomic E-state index is -0.440. The van der Waals surface area contributed by atoms with E-state index in [-0.39, 0.29) is 38.4 Å². The van der Waals surface area contributed by atoms with Crippen molar-refractivity contribution in [1.29, 1.82) is 0 Å². The Labute approximate surface area is 93.0 Å². The SMILES string of the molecule is CCOC(=O)CC(C)=O.[CH2-]C.[Zr]. The van der Waals surface area contributed by atoms with E-state index in [1.165, 1.54) is 6.92 Å². The molecule has 0 unspecified atom stereocenters. The third-order valence-electron chi connectivity index (χ3n) is 0.699. The maximum absolute atomic E-state index is 10.4. The van der Waals surface area contributed by atoms with Crippen LogP contribution in [0.2, 0.25) is 0 Å². The molecule has 0 amide bonds. The summed E-state index contributed by atoms with van der Waals surface area (Å²) in [4.78, 5) is 20.6. The smallest absolute Gasteiger partial charge is 0.313 e. The molecule has 4 heteroatoms. The van der Waals surface area contributed by atoms with Crippen LogP contribution in [0.25, 0.3) is 0 Å². The largest absolute Gasteiger partial charge is 0.466 e. The fraction of sp³-hybridized carbons (Fsp3) is 0.625. The number of hydrogen-bond acceptors (Lipinski definition) is 3. The van der Waals surface area contributed by atoms with Crippen LogP contribution in [0.15, 0.2) is 0 Å². The normalized spacial score (nSPS) is 7.00. The van der Waals surface area contributed by atoms with Crippen LogP contribution in [0.1, 0.15) is 27.2 Å². The van der Waals surface area contributed by atoms with Crippen LogP contribution in [0.3, 0.4) is 0 Å². The number of Topliss-reactive ketones (excluding diaryl/α,β-unsaturated/α-hetero) is 1. The van der Waals surface area contributed by atoms with Gasteiger partial charge in [0, 0.05) is 26.2 Å². The Morgan fingerprint density at radius 1 is 1.33 bits per heavy atom. The second-order valence-electron chi connectivity index (χ2n) is 1.68. The van der Waals surface area contributed by atoms with E-state index in [4.69, 9.17) is 0 Å². The van der Waals surface area contributed by atoms with Gasteiger partial charge in [-0.2, -0.15) is 6.92 Å². The van der Waals surface area contributed by atoms with E-state index in [1.54, 1.807) is 13.8 Å². The molecular formula is C8H15O3Zr-. The fourth-order valence-electron chi connectivity index (χ4n) is 0.415. The molecule has 0 fully saturated rings. The molecule has 0 atom stereocenters. The summed E-state index contributed by atoms with van der Waals surface area (Å²) in [7, 11) is 0. The number of rotatable bonds is 3. The van der Waals surface area contributed by atoms with Crippen molar-refractivity contribution < 1.29 is 40.5 Å². The summed E-state index contributed by atoms with van der Waals surface area (Å²) in [5.41, 5.74) is 0. The predicted octanol–water partition coefficient (Wildman–Crippen LogP) is 1.37. The van der Waals surface area contributed by atoms with E-state index < -0.39 is 5.97 Å². The summed E-state index contributed by atoms with van der Waals surface area (Å²) >= 11 is 0. The summed E-state index contributed by atoms with van der Waals surface area (Å²) < 4.78 is 4.49. The number of carbonyl (C=O) groups excluding carboxylic acids is 2. The van der Waals surface area contributed by atoms with Crippen LogP contribution < -0.4 is 0 Å². The molecule has 0 bridgehead atoms. The molecule has 0 N–H and O–H groups in total. The van der Waals surface area contributed by atoms with Crippen molar-refractivity contribution in [2.75, 3.05) is 6.61 Å². The summed E-state index contributed by atoms with van der Waals surface area (Å²) in [5, 5.41) is 0. The third-order valence-corrected chi connectivity index (χ3v) is 0.699. The topological polar surface area (TPSA) is 43.4 Å². The van der Waals surface area contributed by atoms with Crippen LogP contribution in [-0.2, 0) is 40.5 Å². The molecule has 0 aromatic rings. The van der Waals surface area contributed by atoms with Crippen LogP contribution in [0.4, 0.5) is 0 Å². The van der Waals surface area contributed by atoms with Gasteiger partial charge in [-0.15, -0.1) is 0 Å². The van der Waals surface area contributed by atoms with Gasteiger partial charge in [-0.25, -0.2) is 0 Å². The molecule has 12 heavy (non-hydrogen) atoms. The standard InChI is InChI=1S/C6H10O3.C2H5.Zr/c1-3-9-6(8)4-5(2)7;1-2;/h3-4H2,1-2H3;1H2,2H3;/q;-1;. The molecule has 0 aliphatic heterocycles. The van der Waals surface area contributed by atoms with E-state index in [0.717, 1.165) is 0 Å². The van der Waals surface area contributed by atoms with Gasteiger partial charge in [-0.1, -0.05) is 0 Å². The van der Waals surface area contributed by atoms with Crippen molar-refractivity contribution in [3.8, 4) is 0 Å². The van der Waals surface area contributed by atoms with Crippen LogP contribution in [0, 0.1) is 6.92 Å². The molecule has 0 aliphatic rings. The van der Waals surface area contributed by atoms with Gasteiger partial charge in [-0.3, -0.25) is 9.59 Å². The number of hydrogen-bond donors (Lipinski definition) is 0. The molecule has 0 radical (unpaired) electrons. The van der Waals surface area contributed by atoms with E-state index in [0.29, 0.717) is 6.61 Å². The molecule has 70 valence electrons. The Balaban J connectivity index is -0.000000249. The first-order valence-corrected chi connectivity index (χ1v) is 3.52. The first kappa shape index (κ1) is 17.9. The zero-order valence-electron chi connectivity index (χ0n) is 7.85. The average Bonchev–Trinajstić information content (AvgIpc) is 1.91. The van der Waals surface area contributed by atoms with Gasteiger partial charge in [0.05, 0.1) is 6.61 Å². The molecule has 3 nitrogen and oxygen atoms in total. The summed E-state index contributed by atoms with van der Waals surface area (Å²) in [6.07, 6.45) is -0.103. The minimum absolute atomic E-state index is 0. The quantitative estimate of drug-likeness (QED) is 0.432. The first-order chi connectivity index (χ1) is 5.16. The van der Waals surface area contributed by atoms with E-state index >= 15 is 0 Å². The van der Waals surface area contributed by atoms with Gasteiger partial charge < -0.3 is 11.7 Å². The Hall–Kier alpha value is 0.0231. The summed E-state index contributed by atoms with van der Waals surface area (Å²) in [6.45, 7) is 8.40. The molecule has 0 heterocycles. The average molecular weight is 250 g/mol. The number of ketones is 1. The number of esters is 1. The van der Waals surface area contributed by atoms with Crippen molar-refractivity contribution in [3.05, 3.63) is 6.92 Å². The van der Waals surface area contributed by atoms with Crippen LogP contribution in [-0.4, -0.2) is 18.4 Å². The fourth-order valence-corrected chi connectivity index (χ4v) is 0.415. The minimum Gasteiger partial charge on any atom is -0.466 e. The van der Waals surface area contributed by atoms with Gasteiger partial charge in [0.2, 0.25) is 0 Å². The van der Waals surface area contributed by atoms with E-state index in [1.807, 2.05) is 0 Å². The second kappa shape index (κ2) is 13.6. The predicted molar refractivity (Wildman–Crippen MR) is 43.0 cm³/mol. The summed E-state index contributed by atoms with van der Waals surface area (Å²) in [6, 6.07) is 0. The molecule has 0 spiro atoms. The van der Waals surface area contributed by atoms with Gasteiger partial charge in [-0.05, 0) is 13.8 Å². The Morgan fingerprint density at radius 3 is 2.00 bits per heavy atom. The molecule has 0 rings (SSSR count). The third kappa shape index (κ3) is 16.5. The molecule has 0 saturated heterocycles. The summed E-state index contributed by atoms with van der Waals surface area (Å²) in [5.74, 6) is -0.599. The maximum atomic E-state index is 10.4. The van der Waals surface area contributed by atoms with Crippen molar-refractivity contribution >= 4 is 11.8 Å². The molecule has 0 aromatic carbocycles.